The van der Waals surface area contributed by atoms with Gasteiger partial charge in [-0.05, 0) is 12.8 Å². The van der Waals surface area contributed by atoms with E-state index in [1.165, 1.54) is 128 Å². The minimum Gasteiger partial charge on any atom is -0.756 e. The van der Waals surface area contributed by atoms with Gasteiger partial charge in [0.05, 0.1) is 13.2 Å². The Kier molecular flexibility index (Phi) is 26.8. The van der Waals surface area contributed by atoms with Crippen molar-refractivity contribution in [2.45, 2.75) is 168 Å². The molecule has 0 bridgehead atoms. The number of phosphoric acid groups is 1. The smallest absolute Gasteiger partial charge is 0.267 e. The van der Waals surface area contributed by atoms with Crippen molar-refractivity contribution in [2.75, 3.05) is 13.2 Å². The van der Waals surface area contributed by atoms with Gasteiger partial charge in [-0.25, -0.2) is 0 Å². The van der Waals surface area contributed by atoms with Gasteiger partial charge in [-0.15, -0.1) is 0 Å². The van der Waals surface area contributed by atoms with Crippen LogP contribution in [0.2, 0.25) is 0 Å². The summed E-state index contributed by atoms with van der Waals surface area (Å²) in [4.78, 5) is 11.8. The number of hydrogen-bond acceptors (Lipinski definition) is 4. The minimum atomic E-state index is -4.11. The van der Waals surface area contributed by atoms with Gasteiger partial charge in [-0.2, -0.15) is 0 Å². The van der Waals surface area contributed by atoms with E-state index in [9.17, 15) is 9.46 Å². The Hall–Kier alpha value is 0.110. The summed E-state index contributed by atoms with van der Waals surface area (Å²) in [6.45, 7) is 5.04. The van der Waals surface area contributed by atoms with Crippen LogP contribution in [0.1, 0.15) is 168 Å². The number of hydrogen-bond donors (Lipinski definition) is 0. The Bertz CT molecular complexity index is 383. The second-order valence-corrected chi connectivity index (χ2v) is 11.3. The number of rotatable bonds is 28. The van der Waals surface area contributed by atoms with Crippen LogP contribution in [0.25, 0.3) is 0 Å². The van der Waals surface area contributed by atoms with Gasteiger partial charge in [0.15, 0.2) is 0 Å². The van der Waals surface area contributed by atoms with Crippen LogP contribution in [0.4, 0.5) is 0 Å². The molecule has 0 aliphatic carbocycles. The highest BCUT2D eigenvalue weighted by Crippen LogP contribution is 2.38. The van der Waals surface area contributed by atoms with Crippen molar-refractivity contribution in [2.24, 2.45) is 0 Å². The van der Waals surface area contributed by atoms with Gasteiger partial charge in [0.2, 0.25) is 0 Å². The average molecular weight is 490 g/mol. The lowest BCUT2D eigenvalue weighted by molar-refractivity contribution is -0.225. The third kappa shape index (κ3) is 28.2. The quantitative estimate of drug-likeness (QED) is 0.0810. The molecule has 33 heavy (non-hydrogen) atoms. The lowest BCUT2D eigenvalue weighted by Gasteiger charge is -2.22. The lowest BCUT2D eigenvalue weighted by atomic mass is 10.1. The summed E-state index contributed by atoms with van der Waals surface area (Å²) in [7, 11) is -4.11. The van der Waals surface area contributed by atoms with Gasteiger partial charge >= 0.3 is 0 Å². The van der Waals surface area contributed by atoms with Crippen LogP contribution in [0.5, 0.6) is 0 Å². The van der Waals surface area contributed by atoms with Crippen molar-refractivity contribution in [3.63, 3.8) is 0 Å². The molecule has 0 aromatic carbocycles. The van der Waals surface area contributed by atoms with E-state index in [4.69, 9.17) is 9.05 Å². The molecule has 200 valence electrons. The molecular weight excluding hydrogens is 431 g/mol. The average Bonchev–Trinajstić information content (AvgIpc) is 2.80. The van der Waals surface area contributed by atoms with Gasteiger partial charge in [-0.1, -0.05) is 155 Å². The second-order valence-electron chi connectivity index (χ2n) is 9.89. The first kappa shape index (κ1) is 33.1. The highest BCUT2D eigenvalue weighted by atomic mass is 31.2. The molecule has 0 saturated carbocycles. The van der Waals surface area contributed by atoms with Crippen molar-refractivity contribution >= 4 is 7.82 Å². The van der Waals surface area contributed by atoms with E-state index in [1.807, 2.05) is 0 Å². The molecule has 0 aromatic heterocycles. The zero-order chi connectivity index (χ0) is 24.3. The molecule has 0 N–H and O–H groups in total. The van der Waals surface area contributed by atoms with Gasteiger partial charge in [0.25, 0.3) is 7.82 Å². The molecular formula is C28H58O4P-. The normalized spacial score (nSPS) is 12.0. The van der Waals surface area contributed by atoms with Crippen LogP contribution in [0.15, 0.2) is 0 Å². The monoisotopic (exact) mass is 489 g/mol. The standard InChI is InChI=1S/C28H59O4P/c1-3-5-7-9-11-13-15-17-19-21-23-25-27-31-33(29,30)32-28-26-24-22-20-18-16-14-12-10-8-6-4-2/h3-28H2,1-2H3,(H,29,30)/p-1. The van der Waals surface area contributed by atoms with E-state index in [0.717, 1.165) is 25.7 Å². The summed E-state index contributed by atoms with van der Waals surface area (Å²) in [5, 5.41) is 0. The molecule has 0 heterocycles. The molecule has 0 aliphatic heterocycles. The highest BCUT2D eigenvalue weighted by molar-refractivity contribution is 7.45. The molecule has 0 rings (SSSR count). The molecule has 0 radical (unpaired) electrons. The predicted octanol–water partition coefficient (Wildman–Crippen LogP) is 9.89. The Morgan fingerprint density at radius 1 is 0.424 bits per heavy atom. The van der Waals surface area contributed by atoms with E-state index >= 15 is 0 Å². The zero-order valence-corrected chi connectivity index (χ0v) is 23.4. The molecule has 0 amide bonds. The summed E-state index contributed by atoms with van der Waals surface area (Å²) in [6.07, 6.45) is 30.2. The first-order valence-electron chi connectivity index (χ1n) is 14.7. The molecule has 0 saturated heterocycles. The van der Waals surface area contributed by atoms with Crippen LogP contribution in [-0.4, -0.2) is 13.2 Å². The van der Waals surface area contributed by atoms with Crippen LogP contribution < -0.4 is 4.89 Å². The molecule has 0 fully saturated rings. The van der Waals surface area contributed by atoms with Gasteiger partial charge in [0, 0.05) is 0 Å². The van der Waals surface area contributed by atoms with E-state index in [1.54, 1.807) is 0 Å². The van der Waals surface area contributed by atoms with Crippen molar-refractivity contribution in [1.82, 2.24) is 0 Å². The summed E-state index contributed by atoms with van der Waals surface area (Å²) in [5.41, 5.74) is 0. The molecule has 0 spiro atoms. The summed E-state index contributed by atoms with van der Waals surface area (Å²) >= 11 is 0. The van der Waals surface area contributed by atoms with Crippen LogP contribution in [-0.2, 0) is 13.6 Å². The first-order valence-corrected chi connectivity index (χ1v) is 16.2. The van der Waals surface area contributed by atoms with E-state index in [2.05, 4.69) is 13.8 Å². The Labute approximate surface area is 207 Å². The van der Waals surface area contributed by atoms with Crippen molar-refractivity contribution in [3.05, 3.63) is 0 Å². The summed E-state index contributed by atoms with van der Waals surface area (Å²) in [6, 6.07) is 0. The maximum atomic E-state index is 11.8. The van der Waals surface area contributed by atoms with E-state index < -0.39 is 7.82 Å². The van der Waals surface area contributed by atoms with Crippen molar-refractivity contribution < 1.29 is 18.5 Å². The largest absolute Gasteiger partial charge is 0.756 e. The number of phosphoric ester groups is 1. The van der Waals surface area contributed by atoms with Crippen molar-refractivity contribution in [1.29, 1.82) is 0 Å². The topological polar surface area (TPSA) is 58.6 Å². The molecule has 0 aromatic rings. The first-order chi connectivity index (χ1) is 16.1. The zero-order valence-electron chi connectivity index (χ0n) is 22.5. The maximum absolute atomic E-state index is 11.8. The fourth-order valence-electron chi connectivity index (χ4n) is 4.28. The van der Waals surface area contributed by atoms with Gasteiger partial charge in [0.1, 0.15) is 0 Å². The van der Waals surface area contributed by atoms with Gasteiger partial charge < -0.3 is 13.9 Å². The fourth-order valence-corrected chi connectivity index (χ4v) is 5.06. The minimum absolute atomic E-state index is 0.261. The second kappa shape index (κ2) is 26.7. The highest BCUT2D eigenvalue weighted by Gasteiger charge is 2.08. The SMILES string of the molecule is CCCCCCCCCCCCCCOP(=O)([O-])OCCCCCCCCCCCCCC. The third-order valence-electron chi connectivity index (χ3n) is 6.49. The Balaban J connectivity index is 3.29. The Morgan fingerprint density at radius 2 is 0.636 bits per heavy atom. The molecule has 0 atom stereocenters. The molecule has 0 aliphatic rings. The van der Waals surface area contributed by atoms with E-state index in [-0.39, 0.29) is 13.2 Å². The Morgan fingerprint density at radius 3 is 0.879 bits per heavy atom. The molecule has 5 heteroatoms. The van der Waals surface area contributed by atoms with Crippen LogP contribution in [0, 0.1) is 0 Å². The maximum Gasteiger partial charge on any atom is 0.267 e. The third-order valence-corrected chi connectivity index (χ3v) is 7.49. The molecule has 0 unspecified atom stereocenters. The van der Waals surface area contributed by atoms with Crippen molar-refractivity contribution in [3.8, 4) is 0 Å². The summed E-state index contributed by atoms with van der Waals surface area (Å²) < 4.78 is 21.8. The fraction of sp³-hybridized carbons (Fsp3) is 1.00. The lowest BCUT2D eigenvalue weighted by Crippen LogP contribution is -2.10. The predicted molar refractivity (Wildman–Crippen MR) is 142 cm³/mol. The number of unbranched alkanes of at least 4 members (excludes halogenated alkanes) is 22. The summed E-state index contributed by atoms with van der Waals surface area (Å²) in [5.74, 6) is 0. The molecule has 4 nitrogen and oxygen atoms in total. The van der Waals surface area contributed by atoms with E-state index in [0.29, 0.717) is 0 Å². The van der Waals surface area contributed by atoms with Crippen LogP contribution >= 0.6 is 7.82 Å². The van der Waals surface area contributed by atoms with Gasteiger partial charge in [-0.3, -0.25) is 4.57 Å². The van der Waals surface area contributed by atoms with Crippen LogP contribution in [0.3, 0.4) is 0 Å².